The Morgan fingerprint density at radius 2 is 1.94 bits per heavy atom. The van der Waals surface area contributed by atoms with Crippen molar-refractivity contribution in [2.45, 2.75) is 6.92 Å². The summed E-state index contributed by atoms with van der Waals surface area (Å²) in [6, 6.07) is 9.89. The molecule has 0 aliphatic rings. The molecule has 0 aliphatic heterocycles. The third-order valence-electron chi connectivity index (χ3n) is 2.49. The highest BCUT2D eigenvalue weighted by Crippen LogP contribution is 2.24. The first-order chi connectivity index (χ1) is 7.68. The number of rotatable bonds is 2. The lowest BCUT2D eigenvalue weighted by Crippen LogP contribution is -2.13. The predicted molar refractivity (Wildman–Crippen MR) is 65.7 cm³/mol. The average Bonchev–Trinajstić information content (AvgIpc) is 2.29. The summed E-state index contributed by atoms with van der Waals surface area (Å²) >= 11 is 0. The molecule has 0 spiro atoms. The Kier molecular flexibility index (Phi) is 2.72. The van der Waals surface area contributed by atoms with E-state index in [4.69, 9.17) is 5.73 Å². The molecule has 0 saturated carbocycles. The number of hydrogen-bond donors (Lipinski definition) is 1. The quantitative estimate of drug-likeness (QED) is 0.832. The van der Waals surface area contributed by atoms with Gasteiger partial charge < -0.3 is 10.6 Å². The van der Waals surface area contributed by atoms with Crippen molar-refractivity contribution in [3.63, 3.8) is 0 Å². The van der Waals surface area contributed by atoms with E-state index in [1.807, 2.05) is 30.1 Å². The van der Waals surface area contributed by atoms with E-state index in [-0.39, 0.29) is 0 Å². The van der Waals surface area contributed by atoms with Gasteiger partial charge >= 0.3 is 0 Å². The van der Waals surface area contributed by atoms with Gasteiger partial charge in [-0.05, 0) is 18.6 Å². The Balaban J connectivity index is 2.39. The van der Waals surface area contributed by atoms with E-state index < -0.39 is 0 Å². The van der Waals surface area contributed by atoms with Crippen LogP contribution in [0.2, 0.25) is 0 Å². The summed E-state index contributed by atoms with van der Waals surface area (Å²) < 4.78 is 0. The normalized spacial score (nSPS) is 10.1. The number of nitrogens with two attached hydrogens (primary N) is 1. The molecule has 82 valence electrons. The lowest BCUT2D eigenvalue weighted by molar-refractivity contribution is 1.08. The Labute approximate surface area is 94.8 Å². The standard InChI is InChI=1S/C12H14N4/c1-9-5-3-4-6-10(9)16(2)12-7-11(13)14-8-15-12/h3-8H,1-2H3,(H2,13,14,15). The van der Waals surface area contributed by atoms with Crippen molar-refractivity contribution in [3.05, 3.63) is 42.2 Å². The largest absolute Gasteiger partial charge is 0.384 e. The fourth-order valence-corrected chi connectivity index (χ4v) is 1.61. The van der Waals surface area contributed by atoms with Crippen LogP contribution < -0.4 is 10.6 Å². The van der Waals surface area contributed by atoms with Gasteiger partial charge in [-0.25, -0.2) is 9.97 Å². The van der Waals surface area contributed by atoms with E-state index in [9.17, 15) is 0 Å². The zero-order chi connectivity index (χ0) is 11.5. The molecule has 2 aromatic rings. The van der Waals surface area contributed by atoms with Crippen molar-refractivity contribution in [1.29, 1.82) is 0 Å². The zero-order valence-electron chi connectivity index (χ0n) is 9.38. The topological polar surface area (TPSA) is 55.0 Å². The molecule has 0 amide bonds. The molecular weight excluding hydrogens is 200 g/mol. The van der Waals surface area contributed by atoms with Gasteiger partial charge in [-0.2, -0.15) is 0 Å². The van der Waals surface area contributed by atoms with E-state index in [1.165, 1.54) is 11.9 Å². The van der Waals surface area contributed by atoms with Gasteiger partial charge in [0.25, 0.3) is 0 Å². The molecule has 0 bridgehead atoms. The van der Waals surface area contributed by atoms with Crippen molar-refractivity contribution in [2.24, 2.45) is 0 Å². The molecule has 4 heteroatoms. The van der Waals surface area contributed by atoms with Gasteiger partial charge in [0.05, 0.1) is 0 Å². The molecule has 0 unspecified atom stereocenters. The van der Waals surface area contributed by atoms with Crippen molar-refractivity contribution in [3.8, 4) is 0 Å². The minimum atomic E-state index is 0.477. The van der Waals surface area contributed by atoms with Gasteiger partial charge in [0.1, 0.15) is 18.0 Å². The maximum absolute atomic E-state index is 5.63. The van der Waals surface area contributed by atoms with Crippen LogP contribution in [0.1, 0.15) is 5.56 Å². The average molecular weight is 214 g/mol. The fraction of sp³-hybridized carbons (Fsp3) is 0.167. The summed E-state index contributed by atoms with van der Waals surface area (Å²) in [6.45, 7) is 2.07. The second-order valence-corrected chi connectivity index (χ2v) is 3.65. The van der Waals surface area contributed by atoms with Gasteiger partial charge in [-0.15, -0.1) is 0 Å². The van der Waals surface area contributed by atoms with Gasteiger partial charge in [0.2, 0.25) is 0 Å². The molecule has 2 N–H and O–H groups in total. The molecular formula is C12H14N4. The molecule has 1 aromatic carbocycles. The number of benzene rings is 1. The fourth-order valence-electron chi connectivity index (χ4n) is 1.61. The number of anilines is 3. The minimum Gasteiger partial charge on any atom is -0.384 e. The van der Waals surface area contributed by atoms with Crippen molar-refractivity contribution < 1.29 is 0 Å². The zero-order valence-corrected chi connectivity index (χ0v) is 9.38. The van der Waals surface area contributed by atoms with E-state index in [0.717, 1.165) is 11.5 Å². The lowest BCUT2D eigenvalue weighted by atomic mass is 10.2. The summed E-state index contributed by atoms with van der Waals surface area (Å²) in [7, 11) is 1.96. The molecule has 16 heavy (non-hydrogen) atoms. The van der Waals surface area contributed by atoms with Gasteiger partial charge in [0.15, 0.2) is 0 Å². The number of nitrogens with zero attached hydrogens (tertiary/aromatic N) is 3. The summed E-state index contributed by atoms with van der Waals surface area (Å²) in [4.78, 5) is 10.1. The molecule has 1 aromatic heterocycles. The summed E-state index contributed by atoms with van der Waals surface area (Å²) in [5.41, 5.74) is 7.94. The Bertz CT molecular complexity index is 496. The Morgan fingerprint density at radius 3 is 2.62 bits per heavy atom. The Hall–Kier alpha value is -2.10. The molecule has 1 heterocycles. The Morgan fingerprint density at radius 1 is 1.19 bits per heavy atom. The highest BCUT2D eigenvalue weighted by atomic mass is 15.2. The molecule has 0 radical (unpaired) electrons. The van der Waals surface area contributed by atoms with Crippen LogP contribution in [0.15, 0.2) is 36.7 Å². The highest BCUT2D eigenvalue weighted by Gasteiger charge is 2.07. The first-order valence-corrected chi connectivity index (χ1v) is 5.05. The number of aryl methyl sites for hydroxylation is 1. The smallest absolute Gasteiger partial charge is 0.138 e. The first kappa shape index (κ1) is 10.4. The monoisotopic (exact) mass is 214 g/mol. The molecule has 0 atom stereocenters. The first-order valence-electron chi connectivity index (χ1n) is 5.05. The summed E-state index contributed by atoms with van der Waals surface area (Å²) in [5, 5.41) is 0. The van der Waals surface area contributed by atoms with Crippen LogP contribution in [0, 0.1) is 6.92 Å². The van der Waals surface area contributed by atoms with Crippen molar-refractivity contribution >= 4 is 17.3 Å². The van der Waals surface area contributed by atoms with Crippen molar-refractivity contribution in [2.75, 3.05) is 17.7 Å². The SMILES string of the molecule is Cc1ccccc1N(C)c1cc(N)ncn1. The third kappa shape index (κ3) is 1.95. The van der Waals surface area contributed by atoms with Gasteiger partial charge in [0, 0.05) is 18.8 Å². The van der Waals surface area contributed by atoms with Crippen LogP contribution in [-0.4, -0.2) is 17.0 Å². The van der Waals surface area contributed by atoms with Crippen LogP contribution in [0.5, 0.6) is 0 Å². The molecule has 0 fully saturated rings. The van der Waals surface area contributed by atoms with Gasteiger partial charge in [-0.1, -0.05) is 18.2 Å². The van der Waals surface area contributed by atoms with E-state index >= 15 is 0 Å². The lowest BCUT2D eigenvalue weighted by Gasteiger charge is -2.20. The van der Waals surface area contributed by atoms with Gasteiger partial charge in [-0.3, -0.25) is 0 Å². The summed E-state index contributed by atoms with van der Waals surface area (Å²) in [6.07, 6.45) is 1.47. The van der Waals surface area contributed by atoms with E-state index in [0.29, 0.717) is 5.82 Å². The van der Waals surface area contributed by atoms with Crippen LogP contribution in [0.4, 0.5) is 17.3 Å². The predicted octanol–water partition coefficient (Wildman–Crippen LogP) is 2.14. The van der Waals surface area contributed by atoms with Crippen LogP contribution in [-0.2, 0) is 0 Å². The number of aromatic nitrogens is 2. The molecule has 0 saturated heterocycles. The summed E-state index contributed by atoms with van der Waals surface area (Å²) in [5.74, 6) is 1.27. The second-order valence-electron chi connectivity index (χ2n) is 3.65. The van der Waals surface area contributed by atoms with E-state index in [1.54, 1.807) is 6.07 Å². The molecule has 4 nitrogen and oxygen atoms in total. The molecule has 0 aliphatic carbocycles. The van der Waals surface area contributed by atoms with Crippen molar-refractivity contribution in [1.82, 2.24) is 9.97 Å². The van der Waals surface area contributed by atoms with Crippen LogP contribution >= 0.6 is 0 Å². The highest BCUT2D eigenvalue weighted by molar-refractivity contribution is 5.63. The van der Waals surface area contributed by atoms with E-state index in [2.05, 4.69) is 23.0 Å². The number of para-hydroxylation sites is 1. The molecule has 2 rings (SSSR count). The minimum absolute atomic E-state index is 0.477. The van der Waals surface area contributed by atoms with Crippen LogP contribution in [0.25, 0.3) is 0 Å². The third-order valence-corrected chi connectivity index (χ3v) is 2.49. The number of nitrogen functional groups attached to an aromatic ring is 1. The maximum atomic E-state index is 5.63. The maximum Gasteiger partial charge on any atom is 0.138 e. The number of hydrogen-bond acceptors (Lipinski definition) is 4. The van der Waals surface area contributed by atoms with Crippen LogP contribution in [0.3, 0.4) is 0 Å². The second kappa shape index (κ2) is 4.18.